The Kier molecular flexibility index (Phi) is 5.07. The Balaban J connectivity index is 1.60. The molecule has 1 amide bonds. The van der Waals surface area contributed by atoms with E-state index in [0.717, 1.165) is 22.3 Å². The number of benzene rings is 3. The monoisotopic (exact) mass is 384 g/mol. The second-order valence-electron chi connectivity index (χ2n) is 6.45. The molecule has 0 saturated heterocycles. The highest BCUT2D eigenvalue weighted by Crippen LogP contribution is 2.22. The molecule has 1 N–H and O–H groups in total. The second-order valence-corrected chi connectivity index (χ2v) is 6.45. The van der Waals surface area contributed by atoms with E-state index in [-0.39, 0.29) is 5.91 Å². The largest absolute Gasteiger partial charge is 0.496 e. The fraction of sp³-hybridized carbons (Fsp3) is 0.0870. The van der Waals surface area contributed by atoms with E-state index < -0.39 is 0 Å². The minimum atomic E-state index is -0.212. The number of para-hydroxylation sites is 2. The number of rotatable bonds is 5. The summed E-state index contributed by atoms with van der Waals surface area (Å²) in [5, 5.41) is 2.95. The Morgan fingerprint density at radius 3 is 2.79 bits per heavy atom. The number of hydrogen-bond donors (Lipinski definition) is 1. The van der Waals surface area contributed by atoms with Crippen molar-refractivity contribution in [3.8, 4) is 11.4 Å². The SMILES string of the molecule is CN=Cc1ccc(C(=O)Nc2cccc(-n3cnc4ccccc43)c2)cc1OC. The van der Waals surface area contributed by atoms with Crippen LogP contribution in [0, 0.1) is 0 Å². The molecular weight excluding hydrogens is 364 g/mol. The van der Waals surface area contributed by atoms with Crippen molar-refractivity contribution in [1.29, 1.82) is 0 Å². The first-order chi connectivity index (χ1) is 14.2. The van der Waals surface area contributed by atoms with E-state index in [1.165, 1.54) is 0 Å². The lowest BCUT2D eigenvalue weighted by atomic mass is 10.1. The van der Waals surface area contributed by atoms with Crippen LogP contribution < -0.4 is 10.1 Å². The molecule has 0 atom stereocenters. The summed E-state index contributed by atoms with van der Waals surface area (Å²) < 4.78 is 7.36. The molecule has 0 unspecified atom stereocenters. The van der Waals surface area contributed by atoms with Gasteiger partial charge in [-0.2, -0.15) is 0 Å². The average molecular weight is 384 g/mol. The van der Waals surface area contributed by atoms with Crippen LogP contribution in [0.5, 0.6) is 5.75 Å². The number of nitrogens with zero attached hydrogens (tertiary/aromatic N) is 3. The summed E-state index contributed by atoms with van der Waals surface area (Å²) in [6.45, 7) is 0. The molecule has 29 heavy (non-hydrogen) atoms. The first kappa shape index (κ1) is 18.4. The van der Waals surface area contributed by atoms with Gasteiger partial charge >= 0.3 is 0 Å². The molecule has 0 aliphatic carbocycles. The summed E-state index contributed by atoms with van der Waals surface area (Å²) >= 11 is 0. The third kappa shape index (κ3) is 3.73. The van der Waals surface area contributed by atoms with Gasteiger partial charge in [-0.05, 0) is 48.5 Å². The number of aromatic nitrogens is 2. The summed E-state index contributed by atoms with van der Waals surface area (Å²) in [6.07, 6.45) is 3.48. The summed E-state index contributed by atoms with van der Waals surface area (Å²) in [4.78, 5) is 21.2. The Hall–Kier alpha value is -3.93. The number of imidazole rings is 1. The number of ether oxygens (including phenoxy) is 1. The van der Waals surface area contributed by atoms with Crippen LogP contribution in [-0.2, 0) is 0 Å². The van der Waals surface area contributed by atoms with Gasteiger partial charge in [-0.15, -0.1) is 0 Å². The van der Waals surface area contributed by atoms with Gasteiger partial charge in [0.1, 0.15) is 12.1 Å². The summed E-state index contributed by atoms with van der Waals surface area (Å²) in [6, 6.07) is 20.9. The molecule has 1 heterocycles. The highest BCUT2D eigenvalue weighted by atomic mass is 16.5. The molecule has 0 saturated carbocycles. The van der Waals surface area contributed by atoms with Crippen LogP contribution in [0.3, 0.4) is 0 Å². The van der Waals surface area contributed by atoms with E-state index in [9.17, 15) is 4.79 Å². The number of carbonyl (C=O) groups excluding carboxylic acids is 1. The Morgan fingerprint density at radius 1 is 1.10 bits per heavy atom. The van der Waals surface area contributed by atoms with Crippen LogP contribution in [-0.4, -0.2) is 35.8 Å². The molecule has 0 aliphatic heterocycles. The molecule has 1 aromatic heterocycles. The molecule has 6 nitrogen and oxygen atoms in total. The second kappa shape index (κ2) is 7.98. The summed E-state index contributed by atoms with van der Waals surface area (Å²) in [5.74, 6) is 0.387. The zero-order valence-electron chi connectivity index (χ0n) is 16.2. The van der Waals surface area contributed by atoms with Crippen molar-refractivity contribution >= 4 is 28.8 Å². The van der Waals surface area contributed by atoms with Crippen molar-refractivity contribution in [2.45, 2.75) is 0 Å². The standard InChI is InChI=1S/C23H20N4O2/c1-24-14-17-11-10-16(12-22(17)29-2)23(28)26-18-6-5-7-19(13-18)27-15-25-20-8-3-4-9-21(20)27/h3-15H,1-2H3,(H,26,28). The Bertz CT molecular complexity index is 1210. The molecule has 0 fully saturated rings. The number of amides is 1. The number of methoxy groups -OCH3 is 1. The van der Waals surface area contributed by atoms with Crippen molar-refractivity contribution in [2.75, 3.05) is 19.5 Å². The highest BCUT2D eigenvalue weighted by molar-refractivity contribution is 6.05. The van der Waals surface area contributed by atoms with Gasteiger partial charge in [0.05, 0.1) is 18.1 Å². The number of nitrogens with one attached hydrogen (secondary N) is 1. The maximum Gasteiger partial charge on any atom is 0.255 e. The van der Waals surface area contributed by atoms with E-state index in [1.807, 2.05) is 59.2 Å². The quantitative estimate of drug-likeness (QED) is 0.521. The van der Waals surface area contributed by atoms with Crippen molar-refractivity contribution < 1.29 is 9.53 Å². The van der Waals surface area contributed by atoms with Gasteiger partial charge in [-0.3, -0.25) is 14.4 Å². The predicted octanol–water partition coefficient (Wildman–Crippen LogP) is 4.34. The molecule has 3 aromatic carbocycles. The average Bonchev–Trinajstić information content (AvgIpc) is 3.18. The van der Waals surface area contributed by atoms with Gasteiger partial charge < -0.3 is 10.1 Å². The first-order valence-corrected chi connectivity index (χ1v) is 9.13. The molecule has 0 spiro atoms. The lowest BCUT2D eigenvalue weighted by Crippen LogP contribution is -2.12. The van der Waals surface area contributed by atoms with Crippen LogP contribution in [0.15, 0.2) is 78.0 Å². The third-order valence-corrected chi connectivity index (χ3v) is 4.60. The lowest BCUT2D eigenvalue weighted by molar-refractivity contribution is 0.102. The molecule has 0 bridgehead atoms. The minimum Gasteiger partial charge on any atom is -0.496 e. The van der Waals surface area contributed by atoms with Gasteiger partial charge in [-0.25, -0.2) is 4.98 Å². The maximum absolute atomic E-state index is 12.7. The van der Waals surface area contributed by atoms with Crippen molar-refractivity contribution in [3.05, 3.63) is 84.2 Å². The van der Waals surface area contributed by atoms with Gasteiger partial charge in [0.2, 0.25) is 0 Å². The van der Waals surface area contributed by atoms with Crippen LogP contribution in [0.1, 0.15) is 15.9 Å². The van der Waals surface area contributed by atoms with E-state index in [1.54, 1.807) is 38.8 Å². The first-order valence-electron chi connectivity index (χ1n) is 9.13. The van der Waals surface area contributed by atoms with Crippen molar-refractivity contribution in [1.82, 2.24) is 9.55 Å². The summed E-state index contributed by atoms with van der Waals surface area (Å²) in [5.41, 5.74) is 4.87. The van der Waals surface area contributed by atoms with Gasteiger partial charge in [0.25, 0.3) is 5.91 Å². The maximum atomic E-state index is 12.7. The smallest absolute Gasteiger partial charge is 0.255 e. The number of hydrogen-bond acceptors (Lipinski definition) is 4. The number of aliphatic imine (C=N–C) groups is 1. The molecular formula is C23H20N4O2. The Morgan fingerprint density at radius 2 is 1.97 bits per heavy atom. The highest BCUT2D eigenvalue weighted by Gasteiger charge is 2.11. The molecule has 6 heteroatoms. The molecule has 0 radical (unpaired) electrons. The van der Waals surface area contributed by atoms with Gasteiger partial charge in [-0.1, -0.05) is 18.2 Å². The number of carbonyl (C=O) groups is 1. The number of anilines is 1. The van der Waals surface area contributed by atoms with Crippen LogP contribution in [0.2, 0.25) is 0 Å². The normalized spacial score (nSPS) is 11.1. The van der Waals surface area contributed by atoms with E-state index in [2.05, 4.69) is 15.3 Å². The molecule has 4 rings (SSSR count). The van der Waals surface area contributed by atoms with Crippen molar-refractivity contribution in [3.63, 3.8) is 0 Å². The van der Waals surface area contributed by atoms with E-state index >= 15 is 0 Å². The van der Waals surface area contributed by atoms with Crippen LogP contribution >= 0.6 is 0 Å². The molecule has 4 aromatic rings. The van der Waals surface area contributed by atoms with Gasteiger partial charge in [0.15, 0.2) is 0 Å². The molecule has 0 aliphatic rings. The fourth-order valence-electron chi connectivity index (χ4n) is 3.20. The Labute approximate surface area is 168 Å². The summed E-state index contributed by atoms with van der Waals surface area (Å²) in [7, 11) is 3.26. The minimum absolute atomic E-state index is 0.212. The van der Waals surface area contributed by atoms with Crippen LogP contribution in [0.4, 0.5) is 5.69 Å². The van der Waals surface area contributed by atoms with E-state index in [0.29, 0.717) is 17.0 Å². The van der Waals surface area contributed by atoms with Crippen molar-refractivity contribution in [2.24, 2.45) is 4.99 Å². The molecule has 144 valence electrons. The van der Waals surface area contributed by atoms with E-state index in [4.69, 9.17) is 4.74 Å². The predicted molar refractivity (Wildman–Crippen MR) is 116 cm³/mol. The fourth-order valence-corrected chi connectivity index (χ4v) is 3.20. The van der Waals surface area contributed by atoms with Crippen LogP contribution in [0.25, 0.3) is 16.7 Å². The zero-order valence-corrected chi connectivity index (χ0v) is 16.2. The third-order valence-electron chi connectivity index (χ3n) is 4.60. The zero-order chi connectivity index (χ0) is 20.2. The number of fused-ring (bicyclic) bond motifs is 1. The van der Waals surface area contributed by atoms with Gasteiger partial charge in [0, 0.05) is 35.8 Å². The topological polar surface area (TPSA) is 68.5 Å². The lowest BCUT2D eigenvalue weighted by Gasteiger charge is -2.10.